The van der Waals surface area contributed by atoms with Crippen molar-refractivity contribution in [1.29, 1.82) is 0 Å². The van der Waals surface area contributed by atoms with Gasteiger partial charge in [0.25, 0.3) is 0 Å². The number of aromatic nitrogens is 2. The number of amides is 3. The standard InChI is InChI=1S/C22H23N5O3/c1-26-18-10-6-5-9-17(18)23-19(26)12-20(28)24-25-22(30)16-11-21(29)27(14-16)13-15-7-3-2-4-8-15/h2-10,16H,11-14H2,1H3,(H,24,28)(H,25,30). The van der Waals surface area contributed by atoms with Crippen LogP contribution in [0.5, 0.6) is 0 Å². The maximum absolute atomic E-state index is 12.4. The van der Waals surface area contributed by atoms with Gasteiger partial charge in [-0.05, 0) is 17.7 Å². The molecule has 0 spiro atoms. The van der Waals surface area contributed by atoms with E-state index in [0.717, 1.165) is 16.6 Å². The van der Waals surface area contributed by atoms with E-state index in [0.29, 0.717) is 18.9 Å². The van der Waals surface area contributed by atoms with Gasteiger partial charge >= 0.3 is 0 Å². The summed E-state index contributed by atoms with van der Waals surface area (Å²) in [7, 11) is 1.85. The smallest absolute Gasteiger partial charge is 0.245 e. The molecule has 2 aromatic carbocycles. The van der Waals surface area contributed by atoms with E-state index in [1.165, 1.54) is 0 Å². The van der Waals surface area contributed by atoms with Crippen molar-refractivity contribution in [2.75, 3.05) is 6.54 Å². The molecule has 1 fully saturated rings. The molecule has 4 rings (SSSR count). The summed E-state index contributed by atoms with van der Waals surface area (Å²) in [5.74, 6) is -0.681. The maximum Gasteiger partial charge on any atom is 0.245 e. The van der Waals surface area contributed by atoms with Gasteiger partial charge in [-0.25, -0.2) is 4.98 Å². The number of likely N-dealkylation sites (tertiary alicyclic amines) is 1. The minimum Gasteiger partial charge on any atom is -0.338 e. The quantitative estimate of drug-likeness (QED) is 0.626. The number of hydrogen-bond acceptors (Lipinski definition) is 4. The predicted molar refractivity (Wildman–Crippen MR) is 111 cm³/mol. The number of aryl methyl sites for hydroxylation is 1. The minimum atomic E-state index is -0.489. The normalized spacial score (nSPS) is 16.1. The van der Waals surface area contributed by atoms with Gasteiger partial charge in [-0.15, -0.1) is 0 Å². The van der Waals surface area contributed by atoms with Crippen LogP contribution in [0, 0.1) is 5.92 Å². The number of hydrazine groups is 1. The lowest BCUT2D eigenvalue weighted by Crippen LogP contribution is -2.45. The second kappa shape index (κ2) is 8.36. The van der Waals surface area contributed by atoms with Crippen LogP contribution in [0.1, 0.15) is 17.8 Å². The Balaban J connectivity index is 1.29. The monoisotopic (exact) mass is 405 g/mol. The largest absolute Gasteiger partial charge is 0.338 e. The van der Waals surface area contributed by atoms with Gasteiger partial charge in [0, 0.05) is 26.6 Å². The number of carbonyl (C=O) groups is 3. The number of para-hydroxylation sites is 2. The van der Waals surface area contributed by atoms with E-state index < -0.39 is 5.92 Å². The molecule has 30 heavy (non-hydrogen) atoms. The van der Waals surface area contributed by atoms with Gasteiger partial charge in [-0.1, -0.05) is 42.5 Å². The lowest BCUT2D eigenvalue weighted by Gasteiger charge is -2.16. The molecule has 8 nitrogen and oxygen atoms in total. The van der Waals surface area contributed by atoms with Crippen LogP contribution in [0.2, 0.25) is 0 Å². The Hall–Kier alpha value is -3.68. The fourth-order valence-corrected chi connectivity index (χ4v) is 3.68. The third-order valence-electron chi connectivity index (χ3n) is 5.33. The molecule has 0 saturated carbocycles. The molecule has 2 heterocycles. The fourth-order valence-electron chi connectivity index (χ4n) is 3.68. The molecule has 0 bridgehead atoms. The van der Waals surface area contributed by atoms with Gasteiger partial charge in [0.05, 0.1) is 23.4 Å². The molecule has 0 radical (unpaired) electrons. The van der Waals surface area contributed by atoms with Gasteiger partial charge in [0.1, 0.15) is 5.82 Å². The number of rotatable bonds is 5. The average Bonchev–Trinajstić information content (AvgIpc) is 3.27. The number of benzene rings is 2. The zero-order valence-electron chi connectivity index (χ0n) is 16.7. The molecule has 154 valence electrons. The van der Waals surface area contributed by atoms with Crippen LogP contribution in [0.3, 0.4) is 0 Å². The fraction of sp³-hybridized carbons (Fsp3) is 0.273. The molecule has 1 aromatic heterocycles. The highest BCUT2D eigenvalue weighted by atomic mass is 16.2. The third-order valence-corrected chi connectivity index (χ3v) is 5.33. The van der Waals surface area contributed by atoms with Crippen LogP contribution >= 0.6 is 0 Å². The first-order chi connectivity index (χ1) is 14.5. The molecule has 0 aliphatic carbocycles. The minimum absolute atomic E-state index is 0.0369. The first-order valence-electron chi connectivity index (χ1n) is 9.82. The number of carbonyl (C=O) groups excluding carboxylic acids is 3. The summed E-state index contributed by atoms with van der Waals surface area (Å²) < 4.78 is 1.85. The van der Waals surface area contributed by atoms with Crippen molar-refractivity contribution in [2.24, 2.45) is 13.0 Å². The molecule has 1 aliphatic rings. The number of nitrogens with one attached hydrogen (secondary N) is 2. The molecular weight excluding hydrogens is 382 g/mol. The SMILES string of the molecule is Cn1c(CC(=O)NNC(=O)C2CC(=O)N(Cc3ccccc3)C2)nc2ccccc21. The summed E-state index contributed by atoms with van der Waals surface area (Å²) in [6.45, 7) is 0.808. The molecule has 1 atom stereocenters. The van der Waals surface area contributed by atoms with E-state index in [-0.39, 0.29) is 30.6 Å². The third kappa shape index (κ3) is 4.17. The van der Waals surface area contributed by atoms with E-state index in [1.54, 1.807) is 4.90 Å². The second-order valence-electron chi connectivity index (χ2n) is 7.45. The Kier molecular flexibility index (Phi) is 5.47. The van der Waals surface area contributed by atoms with Crippen molar-refractivity contribution in [2.45, 2.75) is 19.4 Å². The Labute approximate surface area is 173 Å². The van der Waals surface area contributed by atoms with E-state index in [1.807, 2.05) is 66.2 Å². The zero-order valence-corrected chi connectivity index (χ0v) is 16.7. The number of hydrogen-bond donors (Lipinski definition) is 2. The highest BCUT2D eigenvalue weighted by Gasteiger charge is 2.34. The second-order valence-corrected chi connectivity index (χ2v) is 7.45. The Morgan fingerprint density at radius 1 is 1.07 bits per heavy atom. The van der Waals surface area contributed by atoms with Crippen LogP contribution in [-0.2, 0) is 34.4 Å². The van der Waals surface area contributed by atoms with E-state index in [2.05, 4.69) is 15.8 Å². The summed E-state index contributed by atoms with van der Waals surface area (Å²) in [6.07, 6.45) is 0.175. The molecule has 1 saturated heterocycles. The topological polar surface area (TPSA) is 96.3 Å². The van der Waals surface area contributed by atoms with Crippen molar-refractivity contribution in [3.05, 3.63) is 66.0 Å². The molecule has 2 N–H and O–H groups in total. The van der Waals surface area contributed by atoms with E-state index in [9.17, 15) is 14.4 Å². The summed E-state index contributed by atoms with van der Waals surface area (Å²) in [4.78, 5) is 43.1. The highest BCUT2D eigenvalue weighted by molar-refractivity contribution is 5.90. The molecular formula is C22H23N5O3. The van der Waals surface area contributed by atoms with Gasteiger partial charge in [0.15, 0.2) is 0 Å². The Morgan fingerprint density at radius 3 is 2.57 bits per heavy atom. The van der Waals surface area contributed by atoms with Gasteiger partial charge in [0.2, 0.25) is 17.7 Å². The first kappa shape index (κ1) is 19.6. The maximum atomic E-state index is 12.4. The summed E-state index contributed by atoms with van der Waals surface area (Å²) in [5, 5.41) is 0. The lowest BCUT2D eigenvalue weighted by molar-refractivity contribution is -0.131. The zero-order chi connectivity index (χ0) is 21.1. The van der Waals surface area contributed by atoms with Gasteiger partial charge in [-0.3, -0.25) is 25.2 Å². The molecule has 1 aliphatic heterocycles. The summed E-state index contributed by atoms with van der Waals surface area (Å²) >= 11 is 0. The predicted octanol–water partition coefficient (Wildman–Crippen LogP) is 1.31. The number of imidazole rings is 1. The van der Waals surface area contributed by atoms with E-state index >= 15 is 0 Å². The number of nitrogens with zero attached hydrogens (tertiary/aromatic N) is 3. The van der Waals surface area contributed by atoms with E-state index in [4.69, 9.17) is 0 Å². The summed E-state index contributed by atoms with van der Waals surface area (Å²) in [5.41, 5.74) is 7.65. The van der Waals surface area contributed by atoms with Crippen molar-refractivity contribution in [3.63, 3.8) is 0 Å². The average molecular weight is 405 g/mol. The van der Waals surface area contributed by atoms with Crippen LogP contribution < -0.4 is 10.9 Å². The van der Waals surface area contributed by atoms with Crippen LogP contribution in [0.15, 0.2) is 54.6 Å². The van der Waals surface area contributed by atoms with Crippen molar-refractivity contribution in [1.82, 2.24) is 25.3 Å². The number of fused-ring (bicyclic) bond motifs is 1. The van der Waals surface area contributed by atoms with Gasteiger partial charge < -0.3 is 9.47 Å². The molecule has 3 aromatic rings. The first-order valence-corrected chi connectivity index (χ1v) is 9.82. The Bertz CT molecular complexity index is 1090. The van der Waals surface area contributed by atoms with Crippen LogP contribution in [0.4, 0.5) is 0 Å². The molecule has 8 heteroatoms. The summed E-state index contributed by atoms with van der Waals surface area (Å²) in [6, 6.07) is 17.3. The molecule has 1 unspecified atom stereocenters. The van der Waals surface area contributed by atoms with Crippen molar-refractivity contribution >= 4 is 28.8 Å². The van der Waals surface area contributed by atoms with Crippen molar-refractivity contribution in [3.8, 4) is 0 Å². The van der Waals surface area contributed by atoms with Crippen molar-refractivity contribution < 1.29 is 14.4 Å². The van der Waals surface area contributed by atoms with Crippen LogP contribution in [-0.4, -0.2) is 38.7 Å². The Morgan fingerprint density at radius 2 is 1.80 bits per heavy atom. The van der Waals surface area contributed by atoms with Crippen LogP contribution in [0.25, 0.3) is 11.0 Å². The lowest BCUT2D eigenvalue weighted by atomic mass is 10.1. The highest BCUT2D eigenvalue weighted by Crippen LogP contribution is 2.20. The van der Waals surface area contributed by atoms with Gasteiger partial charge in [-0.2, -0.15) is 0 Å². The molecule has 3 amide bonds.